The lowest BCUT2D eigenvalue weighted by Gasteiger charge is -2.40. The molecule has 4 atom stereocenters. The molecule has 0 radical (unpaired) electrons. The van der Waals surface area contributed by atoms with Gasteiger partial charge in [0, 0.05) is 30.6 Å². The van der Waals surface area contributed by atoms with Crippen LogP contribution >= 0.6 is 0 Å². The summed E-state index contributed by atoms with van der Waals surface area (Å²) < 4.78 is 5.24. The molecular formula is C26H45N5O3. The highest BCUT2D eigenvalue weighted by Crippen LogP contribution is 2.43. The van der Waals surface area contributed by atoms with Gasteiger partial charge in [-0.05, 0) is 95.8 Å². The van der Waals surface area contributed by atoms with Crippen molar-refractivity contribution in [2.75, 3.05) is 13.2 Å². The Labute approximate surface area is 204 Å². The van der Waals surface area contributed by atoms with Gasteiger partial charge in [0.05, 0.1) is 24.4 Å². The van der Waals surface area contributed by atoms with Crippen molar-refractivity contribution < 1.29 is 14.3 Å². The third kappa shape index (κ3) is 5.93. The standard InChI is InChI=1S/C26H45N5O3/c1-2-34-26(33)17-5-3-16(4-6-17)15-31-22-14-19(24(28)29)8-7-18(22)13-23(31)25(32)30-21-11-9-20(27)10-12-21/h16-23H,2-15,27H2,1H3,(H3,28,29)(H,30,32). The summed E-state index contributed by atoms with van der Waals surface area (Å²) in [5.41, 5.74) is 12.0. The van der Waals surface area contributed by atoms with E-state index >= 15 is 0 Å². The second-order valence-electron chi connectivity index (χ2n) is 11.3. The Kier molecular flexibility index (Phi) is 8.51. The second-order valence-corrected chi connectivity index (χ2v) is 11.3. The van der Waals surface area contributed by atoms with Crippen LogP contribution in [0.1, 0.15) is 84.0 Å². The molecule has 8 nitrogen and oxygen atoms in total. The van der Waals surface area contributed by atoms with E-state index in [0.717, 1.165) is 83.6 Å². The van der Waals surface area contributed by atoms with Gasteiger partial charge in [-0.15, -0.1) is 0 Å². The Morgan fingerprint density at radius 2 is 1.65 bits per heavy atom. The van der Waals surface area contributed by atoms with E-state index in [-0.39, 0.29) is 41.8 Å². The smallest absolute Gasteiger partial charge is 0.308 e. The van der Waals surface area contributed by atoms with Crippen molar-refractivity contribution in [3.8, 4) is 0 Å². The van der Waals surface area contributed by atoms with E-state index in [0.29, 0.717) is 30.3 Å². The Hall–Kier alpha value is -1.67. The van der Waals surface area contributed by atoms with Crippen LogP contribution in [0.5, 0.6) is 0 Å². The number of ether oxygens (including phenoxy) is 1. The number of esters is 1. The molecule has 4 unspecified atom stereocenters. The Balaban J connectivity index is 1.41. The summed E-state index contributed by atoms with van der Waals surface area (Å²) in [4.78, 5) is 28.1. The number of carbonyl (C=O) groups is 2. The molecule has 3 aliphatic carbocycles. The van der Waals surface area contributed by atoms with Crippen molar-refractivity contribution in [1.29, 1.82) is 5.41 Å². The van der Waals surface area contributed by atoms with Crippen LogP contribution in [0.2, 0.25) is 0 Å². The molecule has 1 heterocycles. The van der Waals surface area contributed by atoms with Crippen molar-refractivity contribution in [2.45, 2.75) is 108 Å². The average Bonchev–Trinajstić information content (AvgIpc) is 3.19. The number of amides is 1. The molecule has 0 spiro atoms. The summed E-state index contributed by atoms with van der Waals surface area (Å²) in [5, 5.41) is 11.4. The molecule has 4 aliphatic rings. The summed E-state index contributed by atoms with van der Waals surface area (Å²) >= 11 is 0. The molecule has 192 valence electrons. The Morgan fingerprint density at radius 1 is 0.971 bits per heavy atom. The third-order valence-corrected chi connectivity index (χ3v) is 9.10. The fourth-order valence-electron chi connectivity index (χ4n) is 7.05. The summed E-state index contributed by atoms with van der Waals surface area (Å²) in [7, 11) is 0. The summed E-state index contributed by atoms with van der Waals surface area (Å²) in [6.45, 7) is 3.20. The minimum atomic E-state index is -0.0981. The monoisotopic (exact) mass is 475 g/mol. The first-order chi connectivity index (χ1) is 16.4. The van der Waals surface area contributed by atoms with Gasteiger partial charge in [0.2, 0.25) is 5.91 Å². The quantitative estimate of drug-likeness (QED) is 0.254. The molecule has 8 heteroatoms. The first-order valence-electron chi connectivity index (χ1n) is 13.7. The molecule has 1 aliphatic heterocycles. The molecule has 1 saturated heterocycles. The van der Waals surface area contributed by atoms with Gasteiger partial charge < -0.3 is 21.5 Å². The molecule has 0 bridgehead atoms. The van der Waals surface area contributed by atoms with Crippen molar-refractivity contribution in [3.63, 3.8) is 0 Å². The Bertz CT molecular complexity index is 730. The van der Waals surface area contributed by atoms with Gasteiger partial charge in [-0.25, -0.2) is 0 Å². The molecule has 1 amide bonds. The van der Waals surface area contributed by atoms with Crippen molar-refractivity contribution in [2.24, 2.45) is 35.1 Å². The van der Waals surface area contributed by atoms with Crippen LogP contribution in [0.4, 0.5) is 0 Å². The average molecular weight is 476 g/mol. The van der Waals surface area contributed by atoms with Crippen LogP contribution < -0.4 is 16.8 Å². The van der Waals surface area contributed by atoms with Gasteiger partial charge >= 0.3 is 5.97 Å². The van der Waals surface area contributed by atoms with Crippen LogP contribution in [-0.2, 0) is 14.3 Å². The highest BCUT2D eigenvalue weighted by molar-refractivity contribution is 5.83. The zero-order valence-corrected chi connectivity index (χ0v) is 20.8. The number of carbonyl (C=O) groups excluding carboxylic acids is 2. The number of rotatable bonds is 7. The molecule has 0 aromatic carbocycles. The first kappa shape index (κ1) is 25.4. The number of fused-ring (bicyclic) bond motifs is 1. The van der Waals surface area contributed by atoms with Gasteiger partial charge in [-0.3, -0.25) is 19.9 Å². The second kappa shape index (κ2) is 11.4. The fourth-order valence-corrected chi connectivity index (χ4v) is 7.05. The molecule has 6 N–H and O–H groups in total. The molecule has 34 heavy (non-hydrogen) atoms. The predicted molar refractivity (Wildman–Crippen MR) is 132 cm³/mol. The van der Waals surface area contributed by atoms with Crippen molar-refractivity contribution >= 4 is 17.7 Å². The Morgan fingerprint density at radius 3 is 2.29 bits per heavy atom. The van der Waals surface area contributed by atoms with Gasteiger partial charge in [0.15, 0.2) is 0 Å². The van der Waals surface area contributed by atoms with Crippen LogP contribution in [-0.4, -0.2) is 59.9 Å². The molecule has 0 aromatic rings. The van der Waals surface area contributed by atoms with E-state index in [2.05, 4.69) is 10.2 Å². The maximum atomic E-state index is 13.5. The molecule has 4 fully saturated rings. The molecule has 3 saturated carbocycles. The van der Waals surface area contributed by atoms with Gasteiger partial charge in [0.1, 0.15) is 0 Å². The zero-order chi connectivity index (χ0) is 24.2. The third-order valence-electron chi connectivity index (χ3n) is 9.10. The van der Waals surface area contributed by atoms with Gasteiger partial charge in [-0.2, -0.15) is 0 Å². The number of hydrogen-bond donors (Lipinski definition) is 4. The van der Waals surface area contributed by atoms with E-state index in [1.807, 2.05) is 6.92 Å². The van der Waals surface area contributed by atoms with Gasteiger partial charge in [-0.1, -0.05) is 0 Å². The largest absolute Gasteiger partial charge is 0.466 e. The maximum absolute atomic E-state index is 13.5. The predicted octanol–water partition coefficient (Wildman–Crippen LogP) is 2.54. The number of amidine groups is 1. The highest BCUT2D eigenvalue weighted by atomic mass is 16.5. The van der Waals surface area contributed by atoms with Crippen LogP contribution in [0.25, 0.3) is 0 Å². The van der Waals surface area contributed by atoms with Crippen molar-refractivity contribution in [3.05, 3.63) is 0 Å². The summed E-state index contributed by atoms with van der Waals surface area (Å²) in [5.74, 6) is 1.56. The minimum Gasteiger partial charge on any atom is -0.466 e. The first-order valence-corrected chi connectivity index (χ1v) is 13.7. The van der Waals surface area contributed by atoms with E-state index in [1.165, 1.54) is 0 Å². The highest BCUT2D eigenvalue weighted by Gasteiger charge is 2.48. The van der Waals surface area contributed by atoms with E-state index < -0.39 is 0 Å². The number of likely N-dealkylation sites (tertiary alicyclic amines) is 1. The maximum Gasteiger partial charge on any atom is 0.308 e. The van der Waals surface area contributed by atoms with Crippen LogP contribution in [0.3, 0.4) is 0 Å². The molecule has 4 rings (SSSR count). The van der Waals surface area contributed by atoms with Crippen LogP contribution in [0.15, 0.2) is 0 Å². The zero-order valence-electron chi connectivity index (χ0n) is 20.8. The number of nitrogens with two attached hydrogens (primary N) is 2. The number of nitrogens with one attached hydrogen (secondary N) is 2. The number of hydrogen-bond acceptors (Lipinski definition) is 6. The summed E-state index contributed by atoms with van der Waals surface area (Å²) in [6, 6.07) is 0.731. The minimum absolute atomic E-state index is 0.0241. The topological polar surface area (TPSA) is 135 Å². The summed E-state index contributed by atoms with van der Waals surface area (Å²) in [6.07, 6.45) is 11.5. The van der Waals surface area contributed by atoms with Crippen LogP contribution in [0, 0.1) is 29.1 Å². The SMILES string of the molecule is CCOC(=O)C1CCC(CN2C(C(=O)NC3CCC(N)CC3)CC3CCC(C(=N)N)CC32)CC1. The normalized spacial score (nSPS) is 38.6. The lowest BCUT2D eigenvalue weighted by Crippen LogP contribution is -2.52. The van der Waals surface area contributed by atoms with Crippen molar-refractivity contribution in [1.82, 2.24) is 10.2 Å². The van der Waals surface area contributed by atoms with E-state index in [1.54, 1.807) is 0 Å². The lowest BCUT2D eigenvalue weighted by atomic mass is 9.77. The fraction of sp³-hybridized carbons (Fsp3) is 0.885. The van der Waals surface area contributed by atoms with E-state index in [4.69, 9.17) is 21.6 Å². The van der Waals surface area contributed by atoms with Gasteiger partial charge in [0.25, 0.3) is 0 Å². The number of nitrogens with zero attached hydrogens (tertiary/aromatic N) is 1. The molecular weight excluding hydrogens is 430 g/mol. The lowest BCUT2D eigenvalue weighted by molar-refractivity contribution is -0.149. The molecule has 0 aromatic heterocycles. The van der Waals surface area contributed by atoms with E-state index in [9.17, 15) is 9.59 Å².